The molecule has 1 saturated heterocycles. The highest BCUT2D eigenvalue weighted by atomic mass is 35.5. The topological polar surface area (TPSA) is 58.2 Å². The average Bonchev–Trinajstić information content (AvgIpc) is 3.31. The summed E-state index contributed by atoms with van der Waals surface area (Å²) < 4.78 is 5.20. The Morgan fingerprint density at radius 3 is 2.57 bits per heavy atom. The van der Waals surface area contributed by atoms with Crippen LogP contribution in [-0.2, 0) is 4.74 Å². The summed E-state index contributed by atoms with van der Waals surface area (Å²) in [5, 5.41) is 1.54. The van der Waals surface area contributed by atoms with E-state index in [1.165, 1.54) is 0 Å². The number of para-hydroxylation sites is 1. The molecule has 0 bridgehead atoms. The lowest BCUT2D eigenvalue weighted by Crippen LogP contribution is -2.23. The van der Waals surface area contributed by atoms with Crippen molar-refractivity contribution >= 4 is 34.3 Å². The summed E-state index contributed by atoms with van der Waals surface area (Å²) in [6.45, 7) is 0.866. The summed E-state index contributed by atoms with van der Waals surface area (Å²) in [5.74, 6) is 0. The summed E-state index contributed by atoms with van der Waals surface area (Å²) >= 11 is 6.49. The van der Waals surface area contributed by atoms with E-state index in [9.17, 15) is 4.79 Å². The maximum absolute atomic E-state index is 12.4. The fourth-order valence-electron chi connectivity index (χ4n) is 3.67. The van der Waals surface area contributed by atoms with Crippen molar-refractivity contribution < 1.29 is 9.53 Å². The number of H-pyrrole nitrogens is 1. The number of aromatic amines is 1. The maximum atomic E-state index is 12.4. The second-order valence-corrected chi connectivity index (χ2v) is 6.94. The van der Waals surface area contributed by atoms with Crippen molar-refractivity contribution in [2.45, 2.75) is 0 Å². The molecule has 4 aromatic rings. The molecule has 138 valence electrons. The van der Waals surface area contributed by atoms with Gasteiger partial charge in [0.25, 0.3) is 0 Å². The predicted molar refractivity (Wildman–Crippen MR) is 111 cm³/mol. The third-order valence-corrected chi connectivity index (χ3v) is 5.25. The molecule has 5 rings (SSSR count). The van der Waals surface area contributed by atoms with Crippen LogP contribution in [0.5, 0.6) is 0 Å². The molecule has 5 nitrogen and oxygen atoms in total. The number of fused-ring (bicyclic) bond motifs is 1. The Balaban J connectivity index is 1.83. The third kappa shape index (κ3) is 2.63. The lowest BCUT2D eigenvalue weighted by atomic mass is 10.1. The first kappa shape index (κ1) is 16.8. The number of amides is 1. The van der Waals surface area contributed by atoms with Gasteiger partial charge >= 0.3 is 6.09 Å². The molecule has 2 aromatic carbocycles. The molecule has 6 heteroatoms. The molecule has 1 aliphatic heterocycles. The quantitative estimate of drug-likeness (QED) is 0.502. The van der Waals surface area contributed by atoms with Gasteiger partial charge in [0.15, 0.2) is 0 Å². The Kier molecular flexibility index (Phi) is 4.02. The Bertz CT molecular complexity index is 1190. The van der Waals surface area contributed by atoms with Crippen molar-refractivity contribution in [3.63, 3.8) is 0 Å². The second-order valence-electron chi connectivity index (χ2n) is 6.54. The lowest BCUT2D eigenvalue weighted by molar-refractivity contribution is 0.181. The number of carbonyl (C=O) groups is 1. The number of cyclic esters (lactones) is 1. The molecule has 1 aliphatic rings. The van der Waals surface area contributed by atoms with E-state index in [2.05, 4.69) is 9.97 Å². The monoisotopic (exact) mass is 389 g/mol. The van der Waals surface area contributed by atoms with Crippen molar-refractivity contribution in [2.24, 2.45) is 0 Å². The molecule has 3 heterocycles. The normalized spacial score (nSPS) is 13.9. The molecule has 0 radical (unpaired) electrons. The minimum Gasteiger partial charge on any atom is -0.447 e. The molecular weight excluding hydrogens is 374 g/mol. The maximum Gasteiger partial charge on any atom is 0.414 e. The van der Waals surface area contributed by atoms with Gasteiger partial charge in [-0.25, -0.2) is 4.79 Å². The van der Waals surface area contributed by atoms with Gasteiger partial charge in [0, 0.05) is 27.7 Å². The Labute approximate surface area is 166 Å². The number of pyridine rings is 1. The number of carbonyl (C=O) groups excluding carboxylic acids is 1. The molecule has 1 N–H and O–H groups in total. The van der Waals surface area contributed by atoms with E-state index in [0.717, 1.165) is 39.1 Å². The number of hydrogen-bond acceptors (Lipinski definition) is 3. The molecule has 1 fully saturated rings. The molecule has 28 heavy (non-hydrogen) atoms. The smallest absolute Gasteiger partial charge is 0.414 e. The number of rotatable bonds is 3. The van der Waals surface area contributed by atoms with Gasteiger partial charge in [0.2, 0.25) is 0 Å². The number of benzene rings is 2. The molecule has 0 atom stereocenters. The number of nitrogens with zero attached hydrogens (tertiary/aromatic N) is 2. The number of aromatic nitrogens is 2. The van der Waals surface area contributed by atoms with E-state index in [0.29, 0.717) is 18.2 Å². The van der Waals surface area contributed by atoms with Gasteiger partial charge in [0.05, 0.1) is 29.1 Å². The minimum absolute atomic E-state index is 0.350. The summed E-state index contributed by atoms with van der Waals surface area (Å²) in [5.41, 5.74) is 5.14. The van der Waals surface area contributed by atoms with E-state index in [1.54, 1.807) is 11.1 Å². The highest BCUT2D eigenvalue weighted by Crippen LogP contribution is 2.43. The van der Waals surface area contributed by atoms with E-state index in [4.69, 9.17) is 16.3 Å². The van der Waals surface area contributed by atoms with Gasteiger partial charge in [-0.2, -0.15) is 0 Å². The fraction of sp³-hybridized carbons (Fsp3) is 0.0909. The van der Waals surface area contributed by atoms with Crippen LogP contribution in [0, 0.1) is 0 Å². The van der Waals surface area contributed by atoms with Gasteiger partial charge in [-0.3, -0.25) is 9.88 Å². The van der Waals surface area contributed by atoms with Crippen LogP contribution < -0.4 is 4.90 Å². The van der Waals surface area contributed by atoms with Crippen molar-refractivity contribution in [3.05, 3.63) is 71.9 Å². The minimum atomic E-state index is -0.350. The van der Waals surface area contributed by atoms with Gasteiger partial charge in [-0.05, 0) is 18.2 Å². The highest BCUT2D eigenvalue weighted by Gasteiger charge is 2.30. The van der Waals surface area contributed by atoms with Gasteiger partial charge in [-0.1, -0.05) is 54.1 Å². The van der Waals surface area contributed by atoms with Crippen molar-refractivity contribution in [2.75, 3.05) is 18.1 Å². The zero-order valence-corrected chi connectivity index (χ0v) is 15.6. The van der Waals surface area contributed by atoms with Crippen LogP contribution in [-0.4, -0.2) is 29.2 Å². The zero-order valence-electron chi connectivity index (χ0n) is 14.9. The van der Waals surface area contributed by atoms with Crippen LogP contribution in [0.1, 0.15) is 0 Å². The largest absolute Gasteiger partial charge is 0.447 e. The third-order valence-electron chi connectivity index (χ3n) is 4.92. The SMILES string of the molecule is O=C1OCCN1c1c(-c2ccccc2Cl)[nH]c2c(-c3ccccn3)cccc12. The van der Waals surface area contributed by atoms with Crippen molar-refractivity contribution in [1.29, 1.82) is 0 Å². The molecule has 1 amide bonds. The van der Waals surface area contributed by atoms with Crippen LogP contribution in [0.25, 0.3) is 33.4 Å². The summed E-state index contributed by atoms with van der Waals surface area (Å²) in [7, 11) is 0. The molecule has 0 unspecified atom stereocenters. The van der Waals surface area contributed by atoms with Gasteiger partial charge in [0.1, 0.15) is 6.61 Å². The van der Waals surface area contributed by atoms with Crippen molar-refractivity contribution in [3.8, 4) is 22.5 Å². The second kappa shape index (κ2) is 6.69. The van der Waals surface area contributed by atoms with Crippen LogP contribution in [0.4, 0.5) is 10.5 Å². The van der Waals surface area contributed by atoms with E-state index >= 15 is 0 Å². The standard InChI is InChI=1S/C22H16ClN3O2/c23-17-9-2-1-6-14(17)20-21(26-12-13-28-22(26)27)16-8-5-7-15(19(16)25-20)18-10-3-4-11-24-18/h1-11,25H,12-13H2. The molecule has 0 spiro atoms. The fourth-order valence-corrected chi connectivity index (χ4v) is 3.90. The van der Waals surface area contributed by atoms with Crippen LogP contribution in [0.15, 0.2) is 66.9 Å². The molecule has 2 aromatic heterocycles. The molecule has 0 aliphatic carbocycles. The van der Waals surface area contributed by atoms with E-state index in [1.807, 2.05) is 60.7 Å². The Hall–Kier alpha value is -3.31. The number of anilines is 1. The Morgan fingerprint density at radius 1 is 1.00 bits per heavy atom. The van der Waals surface area contributed by atoms with Crippen molar-refractivity contribution in [1.82, 2.24) is 9.97 Å². The summed E-state index contributed by atoms with van der Waals surface area (Å²) in [6, 6.07) is 19.4. The van der Waals surface area contributed by atoms with Crippen LogP contribution in [0.2, 0.25) is 5.02 Å². The first-order valence-corrected chi connectivity index (χ1v) is 9.37. The highest BCUT2D eigenvalue weighted by molar-refractivity contribution is 6.33. The summed E-state index contributed by atoms with van der Waals surface area (Å²) in [4.78, 5) is 22.1. The van der Waals surface area contributed by atoms with Crippen LogP contribution in [0.3, 0.4) is 0 Å². The number of nitrogens with one attached hydrogen (secondary N) is 1. The number of hydrogen-bond donors (Lipinski definition) is 1. The lowest BCUT2D eigenvalue weighted by Gasteiger charge is -2.15. The van der Waals surface area contributed by atoms with E-state index < -0.39 is 0 Å². The van der Waals surface area contributed by atoms with Crippen LogP contribution >= 0.6 is 11.6 Å². The predicted octanol–water partition coefficient (Wildman–Crippen LogP) is 5.51. The van der Waals surface area contributed by atoms with Gasteiger partial charge in [-0.15, -0.1) is 0 Å². The molecule has 0 saturated carbocycles. The first-order chi connectivity index (χ1) is 13.7. The summed E-state index contributed by atoms with van der Waals surface area (Å²) in [6.07, 6.45) is 1.42. The van der Waals surface area contributed by atoms with E-state index in [-0.39, 0.29) is 6.09 Å². The Morgan fingerprint density at radius 2 is 1.82 bits per heavy atom. The first-order valence-electron chi connectivity index (χ1n) is 8.99. The zero-order chi connectivity index (χ0) is 19.1. The molecular formula is C22H16ClN3O2. The van der Waals surface area contributed by atoms with Gasteiger partial charge < -0.3 is 9.72 Å². The average molecular weight is 390 g/mol. The number of ether oxygens (including phenoxy) is 1. The number of halogens is 1.